The molecule has 18 heavy (non-hydrogen) atoms. The van der Waals surface area contributed by atoms with E-state index < -0.39 is 0 Å². The van der Waals surface area contributed by atoms with Gasteiger partial charge in [0.15, 0.2) is 5.82 Å². The van der Waals surface area contributed by atoms with Crippen molar-refractivity contribution in [2.24, 2.45) is 0 Å². The van der Waals surface area contributed by atoms with Crippen LogP contribution in [0.25, 0.3) is 0 Å². The van der Waals surface area contributed by atoms with Crippen molar-refractivity contribution in [2.45, 2.75) is 38.1 Å². The van der Waals surface area contributed by atoms with E-state index in [4.69, 9.17) is 4.74 Å². The minimum absolute atomic E-state index is 0.221. The molecule has 1 saturated carbocycles. The first-order valence-electron chi connectivity index (χ1n) is 6.23. The van der Waals surface area contributed by atoms with Crippen LogP contribution in [-0.2, 0) is 0 Å². The Morgan fingerprint density at radius 1 is 1.28 bits per heavy atom. The SMILES string of the molecule is COc1ccc(NC(=O)NC2CCCCC2)nn1. The van der Waals surface area contributed by atoms with E-state index in [1.807, 2.05) is 0 Å². The number of hydrogen-bond acceptors (Lipinski definition) is 4. The Hall–Kier alpha value is -1.85. The summed E-state index contributed by atoms with van der Waals surface area (Å²) in [6.45, 7) is 0. The first kappa shape index (κ1) is 12.6. The van der Waals surface area contributed by atoms with Crippen molar-refractivity contribution in [3.63, 3.8) is 0 Å². The van der Waals surface area contributed by atoms with E-state index >= 15 is 0 Å². The number of nitrogens with one attached hydrogen (secondary N) is 2. The first-order chi connectivity index (χ1) is 8.78. The largest absolute Gasteiger partial charge is 0.480 e. The summed E-state index contributed by atoms with van der Waals surface area (Å²) in [6.07, 6.45) is 5.76. The lowest BCUT2D eigenvalue weighted by molar-refractivity contribution is 0.244. The van der Waals surface area contributed by atoms with Crippen LogP contribution in [0, 0.1) is 0 Å². The van der Waals surface area contributed by atoms with Crippen molar-refractivity contribution < 1.29 is 9.53 Å². The molecule has 2 rings (SSSR count). The van der Waals surface area contributed by atoms with Crippen LogP contribution in [0.1, 0.15) is 32.1 Å². The lowest BCUT2D eigenvalue weighted by atomic mass is 9.96. The molecule has 2 amide bonds. The number of hydrogen-bond donors (Lipinski definition) is 2. The molecule has 1 aromatic heterocycles. The van der Waals surface area contributed by atoms with Gasteiger partial charge in [-0.3, -0.25) is 5.32 Å². The predicted octanol–water partition coefficient (Wildman–Crippen LogP) is 1.94. The quantitative estimate of drug-likeness (QED) is 0.859. The number of ether oxygens (including phenoxy) is 1. The lowest BCUT2D eigenvalue weighted by Gasteiger charge is -2.22. The van der Waals surface area contributed by atoms with Gasteiger partial charge in [0.2, 0.25) is 5.88 Å². The van der Waals surface area contributed by atoms with E-state index in [2.05, 4.69) is 20.8 Å². The number of carbonyl (C=O) groups is 1. The smallest absolute Gasteiger partial charge is 0.320 e. The second-order valence-electron chi connectivity index (χ2n) is 4.39. The van der Waals surface area contributed by atoms with Crippen LogP contribution >= 0.6 is 0 Å². The zero-order valence-electron chi connectivity index (χ0n) is 10.5. The fourth-order valence-electron chi connectivity index (χ4n) is 2.08. The molecule has 1 aliphatic rings. The Kier molecular flexibility index (Phi) is 4.33. The normalized spacial score (nSPS) is 16.1. The van der Waals surface area contributed by atoms with Crippen LogP contribution in [0.3, 0.4) is 0 Å². The van der Waals surface area contributed by atoms with Crippen molar-refractivity contribution in [1.29, 1.82) is 0 Å². The van der Waals surface area contributed by atoms with Crippen LogP contribution in [0.15, 0.2) is 12.1 Å². The van der Waals surface area contributed by atoms with Gasteiger partial charge >= 0.3 is 6.03 Å². The third-order valence-electron chi connectivity index (χ3n) is 3.03. The Balaban J connectivity index is 1.82. The minimum Gasteiger partial charge on any atom is -0.480 e. The molecule has 0 unspecified atom stereocenters. The Bertz CT molecular complexity index is 388. The Morgan fingerprint density at radius 2 is 2.06 bits per heavy atom. The summed E-state index contributed by atoms with van der Waals surface area (Å²) >= 11 is 0. The summed E-state index contributed by atoms with van der Waals surface area (Å²) in [5.74, 6) is 0.845. The van der Waals surface area contributed by atoms with Crippen molar-refractivity contribution in [3.8, 4) is 5.88 Å². The number of methoxy groups -OCH3 is 1. The molecule has 2 N–H and O–H groups in total. The summed E-state index contributed by atoms with van der Waals surface area (Å²) < 4.78 is 4.89. The molecule has 0 aromatic carbocycles. The third kappa shape index (κ3) is 3.58. The van der Waals surface area contributed by atoms with Crippen LogP contribution in [-0.4, -0.2) is 29.4 Å². The molecular weight excluding hydrogens is 232 g/mol. The second kappa shape index (κ2) is 6.18. The summed E-state index contributed by atoms with van der Waals surface area (Å²) in [6, 6.07) is 3.38. The Morgan fingerprint density at radius 3 is 2.67 bits per heavy atom. The molecule has 1 aliphatic carbocycles. The number of carbonyl (C=O) groups excluding carboxylic acids is 1. The van der Waals surface area contributed by atoms with Gasteiger partial charge in [-0.2, -0.15) is 0 Å². The average molecular weight is 250 g/mol. The van der Waals surface area contributed by atoms with Gasteiger partial charge in [0.05, 0.1) is 7.11 Å². The van der Waals surface area contributed by atoms with Gasteiger partial charge in [0, 0.05) is 12.1 Å². The highest BCUT2D eigenvalue weighted by molar-refractivity contribution is 5.88. The fraction of sp³-hybridized carbons (Fsp3) is 0.583. The maximum Gasteiger partial charge on any atom is 0.320 e. The van der Waals surface area contributed by atoms with Crippen molar-refractivity contribution in [1.82, 2.24) is 15.5 Å². The number of aromatic nitrogens is 2. The second-order valence-corrected chi connectivity index (χ2v) is 4.39. The summed E-state index contributed by atoms with van der Waals surface area (Å²) in [7, 11) is 1.52. The minimum atomic E-state index is -0.221. The van der Waals surface area contributed by atoms with E-state index in [9.17, 15) is 4.79 Å². The number of amides is 2. The van der Waals surface area contributed by atoms with Crippen LogP contribution in [0.5, 0.6) is 5.88 Å². The average Bonchev–Trinajstić information content (AvgIpc) is 2.40. The number of anilines is 1. The van der Waals surface area contributed by atoms with Gasteiger partial charge in [-0.15, -0.1) is 10.2 Å². The van der Waals surface area contributed by atoms with Gasteiger partial charge in [-0.1, -0.05) is 19.3 Å². The number of rotatable bonds is 3. The molecule has 1 heterocycles. The van der Waals surface area contributed by atoms with Crippen LogP contribution < -0.4 is 15.4 Å². The monoisotopic (exact) mass is 250 g/mol. The molecule has 98 valence electrons. The standard InChI is InChI=1S/C12H18N4O2/c1-18-11-8-7-10(15-16-11)14-12(17)13-9-5-3-2-4-6-9/h7-9H,2-6H2,1H3,(H2,13,14,15,17). The van der Waals surface area contributed by atoms with E-state index in [0.29, 0.717) is 11.7 Å². The maximum atomic E-state index is 11.7. The van der Waals surface area contributed by atoms with E-state index in [1.165, 1.54) is 26.4 Å². The predicted molar refractivity (Wildman–Crippen MR) is 67.6 cm³/mol. The molecule has 6 nitrogen and oxygen atoms in total. The van der Waals surface area contributed by atoms with Gasteiger partial charge < -0.3 is 10.1 Å². The molecule has 0 aliphatic heterocycles. The molecule has 0 atom stereocenters. The van der Waals surface area contributed by atoms with Crippen molar-refractivity contribution >= 4 is 11.8 Å². The molecule has 6 heteroatoms. The molecule has 0 radical (unpaired) electrons. The van der Waals surface area contributed by atoms with Gasteiger partial charge in [-0.25, -0.2) is 4.79 Å². The third-order valence-corrected chi connectivity index (χ3v) is 3.03. The Labute approximate surface area is 106 Å². The van der Waals surface area contributed by atoms with Crippen molar-refractivity contribution in [3.05, 3.63) is 12.1 Å². The fourth-order valence-corrected chi connectivity index (χ4v) is 2.08. The van der Waals surface area contributed by atoms with Crippen LogP contribution in [0.2, 0.25) is 0 Å². The summed E-state index contributed by atoms with van der Waals surface area (Å²) in [5, 5.41) is 13.2. The van der Waals surface area contributed by atoms with Crippen LogP contribution in [0.4, 0.5) is 10.6 Å². The molecule has 0 spiro atoms. The zero-order valence-corrected chi connectivity index (χ0v) is 10.5. The highest BCUT2D eigenvalue weighted by Crippen LogP contribution is 2.17. The number of nitrogens with zero attached hydrogens (tertiary/aromatic N) is 2. The summed E-state index contributed by atoms with van der Waals surface area (Å²) in [5.41, 5.74) is 0. The van der Waals surface area contributed by atoms with E-state index in [-0.39, 0.29) is 12.1 Å². The first-order valence-corrected chi connectivity index (χ1v) is 6.23. The van der Waals surface area contributed by atoms with E-state index in [1.54, 1.807) is 12.1 Å². The molecule has 1 fully saturated rings. The number of urea groups is 1. The lowest BCUT2D eigenvalue weighted by Crippen LogP contribution is -2.39. The molecule has 0 bridgehead atoms. The highest BCUT2D eigenvalue weighted by Gasteiger charge is 2.15. The van der Waals surface area contributed by atoms with Gasteiger partial charge in [-0.05, 0) is 18.9 Å². The molecule has 1 aromatic rings. The molecular formula is C12H18N4O2. The van der Waals surface area contributed by atoms with Gasteiger partial charge in [0.1, 0.15) is 0 Å². The van der Waals surface area contributed by atoms with E-state index in [0.717, 1.165) is 12.8 Å². The highest BCUT2D eigenvalue weighted by atomic mass is 16.5. The topological polar surface area (TPSA) is 76.1 Å². The van der Waals surface area contributed by atoms with Gasteiger partial charge in [0.25, 0.3) is 0 Å². The maximum absolute atomic E-state index is 11.7. The zero-order chi connectivity index (χ0) is 12.8. The molecule has 0 saturated heterocycles. The van der Waals surface area contributed by atoms with Crippen molar-refractivity contribution in [2.75, 3.05) is 12.4 Å². The summed E-state index contributed by atoms with van der Waals surface area (Å²) in [4.78, 5) is 11.7.